The molecule has 1 heterocycles. The minimum absolute atomic E-state index is 0.358. The second kappa shape index (κ2) is 4.81. The van der Waals surface area contributed by atoms with Crippen molar-refractivity contribution < 1.29 is 4.79 Å². The molecule has 0 aromatic rings. The average molecular weight is 197 g/mol. The van der Waals surface area contributed by atoms with Gasteiger partial charge in [-0.2, -0.15) is 0 Å². The van der Waals surface area contributed by atoms with Gasteiger partial charge in [-0.25, -0.2) is 0 Å². The van der Waals surface area contributed by atoms with Crippen LogP contribution in [0.1, 0.15) is 47.0 Å². The zero-order chi connectivity index (χ0) is 10.7. The average Bonchev–Trinajstić information content (AvgIpc) is 2.15. The quantitative estimate of drug-likeness (QED) is 0.681. The molecule has 1 amide bonds. The van der Waals surface area contributed by atoms with Crippen molar-refractivity contribution in [3.8, 4) is 0 Å². The standard InChI is InChI=1S/C12H23NO/c1-5-10(4)11-6-7-13(9(2)3)12(14)8-11/h9-11H,5-8H2,1-4H3. The molecule has 2 heteroatoms. The summed E-state index contributed by atoms with van der Waals surface area (Å²) >= 11 is 0. The second-order valence-corrected chi connectivity index (χ2v) is 4.82. The normalized spacial score (nSPS) is 25.6. The molecule has 0 saturated carbocycles. The van der Waals surface area contributed by atoms with E-state index in [4.69, 9.17) is 0 Å². The fourth-order valence-electron chi connectivity index (χ4n) is 2.24. The summed E-state index contributed by atoms with van der Waals surface area (Å²) in [6.45, 7) is 9.64. The second-order valence-electron chi connectivity index (χ2n) is 4.82. The van der Waals surface area contributed by atoms with Crippen molar-refractivity contribution in [1.82, 2.24) is 4.90 Å². The van der Waals surface area contributed by atoms with Crippen LogP contribution >= 0.6 is 0 Å². The molecule has 2 nitrogen and oxygen atoms in total. The Bertz CT molecular complexity index is 200. The monoisotopic (exact) mass is 197 g/mol. The predicted octanol–water partition coefficient (Wildman–Crippen LogP) is 2.68. The maximum absolute atomic E-state index is 11.8. The van der Waals surface area contributed by atoms with Crippen molar-refractivity contribution in [3.05, 3.63) is 0 Å². The lowest BCUT2D eigenvalue weighted by atomic mass is 9.83. The third-order valence-corrected chi connectivity index (χ3v) is 3.57. The summed E-state index contributed by atoms with van der Waals surface area (Å²) in [6, 6.07) is 0.375. The highest BCUT2D eigenvalue weighted by atomic mass is 16.2. The van der Waals surface area contributed by atoms with Crippen LogP contribution in [0.5, 0.6) is 0 Å². The highest BCUT2D eigenvalue weighted by molar-refractivity contribution is 5.77. The van der Waals surface area contributed by atoms with Gasteiger partial charge in [0.15, 0.2) is 0 Å². The lowest BCUT2D eigenvalue weighted by Gasteiger charge is -2.36. The molecule has 1 aliphatic heterocycles. The molecule has 1 saturated heterocycles. The highest BCUT2D eigenvalue weighted by Crippen LogP contribution is 2.28. The van der Waals surface area contributed by atoms with E-state index in [0.717, 1.165) is 13.0 Å². The van der Waals surface area contributed by atoms with Gasteiger partial charge in [-0.1, -0.05) is 20.3 Å². The Kier molecular flexibility index (Phi) is 3.97. The van der Waals surface area contributed by atoms with E-state index >= 15 is 0 Å². The van der Waals surface area contributed by atoms with Crippen LogP contribution in [0, 0.1) is 11.8 Å². The van der Waals surface area contributed by atoms with Gasteiger partial charge < -0.3 is 4.90 Å². The highest BCUT2D eigenvalue weighted by Gasteiger charge is 2.29. The first-order valence-electron chi connectivity index (χ1n) is 5.85. The van der Waals surface area contributed by atoms with Crippen LogP contribution in [0.25, 0.3) is 0 Å². The van der Waals surface area contributed by atoms with E-state index in [1.807, 2.05) is 4.90 Å². The first-order valence-corrected chi connectivity index (χ1v) is 5.85. The fraction of sp³-hybridized carbons (Fsp3) is 0.917. The Morgan fingerprint density at radius 1 is 1.43 bits per heavy atom. The molecule has 0 radical (unpaired) electrons. The summed E-state index contributed by atoms with van der Waals surface area (Å²) < 4.78 is 0. The molecule has 2 atom stereocenters. The fourth-order valence-corrected chi connectivity index (χ4v) is 2.24. The van der Waals surface area contributed by atoms with E-state index in [0.29, 0.717) is 23.8 Å². The van der Waals surface area contributed by atoms with Gasteiger partial charge in [-0.3, -0.25) is 4.79 Å². The molecule has 1 rings (SSSR count). The number of carbonyl (C=O) groups excluding carboxylic acids is 1. The molecule has 0 aliphatic carbocycles. The lowest BCUT2D eigenvalue weighted by Crippen LogP contribution is -2.44. The van der Waals surface area contributed by atoms with E-state index < -0.39 is 0 Å². The lowest BCUT2D eigenvalue weighted by molar-refractivity contribution is -0.137. The predicted molar refractivity (Wildman–Crippen MR) is 59.0 cm³/mol. The molecule has 14 heavy (non-hydrogen) atoms. The van der Waals surface area contributed by atoms with Gasteiger partial charge >= 0.3 is 0 Å². The van der Waals surface area contributed by atoms with Gasteiger partial charge in [0, 0.05) is 19.0 Å². The number of carbonyl (C=O) groups is 1. The van der Waals surface area contributed by atoms with Gasteiger partial charge in [0.2, 0.25) is 5.91 Å². The molecule has 0 aromatic carbocycles. The third-order valence-electron chi connectivity index (χ3n) is 3.57. The maximum Gasteiger partial charge on any atom is 0.223 e. The van der Waals surface area contributed by atoms with Crippen LogP contribution in [0.15, 0.2) is 0 Å². The van der Waals surface area contributed by atoms with E-state index in [2.05, 4.69) is 27.7 Å². The van der Waals surface area contributed by atoms with Crippen LogP contribution in [-0.2, 0) is 4.79 Å². The Morgan fingerprint density at radius 2 is 2.07 bits per heavy atom. The summed E-state index contributed by atoms with van der Waals surface area (Å²) in [5.41, 5.74) is 0. The topological polar surface area (TPSA) is 20.3 Å². The number of amides is 1. The number of likely N-dealkylation sites (tertiary alicyclic amines) is 1. The number of hydrogen-bond acceptors (Lipinski definition) is 1. The summed E-state index contributed by atoms with van der Waals surface area (Å²) in [7, 11) is 0. The number of nitrogens with zero attached hydrogens (tertiary/aromatic N) is 1. The number of hydrogen-bond donors (Lipinski definition) is 0. The Morgan fingerprint density at radius 3 is 2.50 bits per heavy atom. The van der Waals surface area contributed by atoms with E-state index in [-0.39, 0.29) is 0 Å². The molecule has 2 unspecified atom stereocenters. The van der Waals surface area contributed by atoms with Crippen LogP contribution in [-0.4, -0.2) is 23.4 Å². The van der Waals surface area contributed by atoms with Gasteiger partial charge in [0.1, 0.15) is 0 Å². The van der Waals surface area contributed by atoms with Crippen molar-refractivity contribution in [2.24, 2.45) is 11.8 Å². The molecular weight excluding hydrogens is 174 g/mol. The van der Waals surface area contributed by atoms with Crippen molar-refractivity contribution in [2.45, 2.75) is 53.0 Å². The maximum atomic E-state index is 11.8. The third kappa shape index (κ3) is 2.49. The SMILES string of the molecule is CCC(C)C1CCN(C(C)C)C(=O)C1. The van der Waals surface area contributed by atoms with E-state index in [9.17, 15) is 4.79 Å². The number of piperidine rings is 1. The zero-order valence-electron chi connectivity index (χ0n) is 9.92. The van der Waals surface area contributed by atoms with Crippen LogP contribution < -0.4 is 0 Å². The van der Waals surface area contributed by atoms with Gasteiger partial charge in [-0.05, 0) is 32.1 Å². The number of rotatable bonds is 3. The van der Waals surface area contributed by atoms with Crippen molar-refractivity contribution in [2.75, 3.05) is 6.54 Å². The molecule has 0 aromatic heterocycles. The largest absolute Gasteiger partial charge is 0.340 e. The first-order chi connectivity index (χ1) is 6.56. The minimum atomic E-state index is 0.358. The van der Waals surface area contributed by atoms with Crippen molar-refractivity contribution >= 4 is 5.91 Å². The molecule has 0 bridgehead atoms. The summed E-state index contributed by atoms with van der Waals surface area (Å²) in [5.74, 6) is 1.69. The molecule has 1 fully saturated rings. The van der Waals surface area contributed by atoms with Crippen molar-refractivity contribution in [3.63, 3.8) is 0 Å². The van der Waals surface area contributed by atoms with Crippen LogP contribution in [0.4, 0.5) is 0 Å². The molecular formula is C12H23NO. The summed E-state index contributed by atoms with van der Waals surface area (Å²) in [4.78, 5) is 13.8. The van der Waals surface area contributed by atoms with Gasteiger partial charge in [0.05, 0.1) is 0 Å². The van der Waals surface area contributed by atoms with E-state index in [1.54, 1.807) is 0 Å². The zero-order valence-corrected chi connectivity index (χ0v) is 9.92. The molecule has 82 valence electrons. The molecule has 0 spiro atoms. The summed E-state index contributed by atoms with van der Waals surface area (Å²) in [6.07, 6.45) is 3.16. The van der Waals surface area contributed by atoms with Gasteiger partial charge in [-0.15, -0.1) is 0 Å². The Labute approximate surface area is 87.7 Å². The molecule has 0 N–H and O–H groups in total. The van der Waals surface area contributed by atoms with Crippen molar-refractivity contribution in [1.29, 1.82) is 0 Å². The minimum Gasteiger partial charge on any atom is -0.340 e. The smallest absolute Gasteiger partial charge is 0.223 e. The first kappa shape index (κ1) is 11.5. The Hall–Kier alpha value is -0.530. The van der Waals surface area contributed by atoms with Crippen LogP contribution in [0.3, 0.4) is 0 Å². The molecule has 1 aliphatic rings. The van der Waals surface area contributed by atoms with Crippen LogP contribution in [0.2, 0.25) is 0 Å². The van der Waals surface area contributed by atoms with E-state index in [1.165, 1.54) is 12.8 Å². The Balaban J connectivity index is 2.51. The summed E-state index contributed by atoms with van der Waals surface area (Å²) in [5, 5.41) is 0. The van der Waals surface area contributed by atoms with Gasteiger partial charge in [0.25, 0.3) is 0 Å².